The molecule has 2 bridgehead atoms. The highest BCUT2D eigenvalue weighted by Crippen LogP contribution is 2.55. The minimum absolute atomic E-state index is 0.103. The number of halogens is 1. The zero-order chi connectivity index (χ0) is 24.1. The zero-order valence-corrected chi connectivity index (χ0v) is 19.5. The fraction of sp³-hybridized carbons (Fsp3) is 0.308. The summed E-state index contributed by atoms with van der Waals surface area (Å²) in [4.78, 5) is 52.2. The number of ether oxygens (including phenoxy) is 1. The predicted octanol–water partition coefficient (Wildman–Crippen LogP) is 4.15. The summed E-state index contributed by atoms with van der Waals surface area (Å²) in [5.41, 5.74) is 3.04. The molecular weight excluding hydrogens is 456 g/mol. The number of carbonyl (C=O) groups excluding carboxylic acids is 4. The molecule has 7 nitrogen and oxygen atoms in total. The Morgan fingerprint density at radius 1 is 1.09 bits per heavy atom. The van der Waals surface area contributed by atoms with Crippen LogP contribution in [0.3, 0.4) is 0 Å². The molecule has 34 heavy (non-hydrogen) atoms. The molecular formula is C26H23ClN2O5. The zero-order valence-electron chi connectivity index (χ0n) is 18.7. The first-order valence-corrected chi connectivity index (χ1v) is 11.5. The number of carbonyl (C=O) groups is 4. The van der Waals surface area contributed by atoms with E-state index in [-0.39, 0.29) is 41.0 Å². The second-order valence-corrected chi connectivity index (χ2v) is 9.53. The first-order chi connectivity index (χ1) is 16.2. The van der Waals surface area contributed by atoms with Crippen molar-refractivity contribution in [2.75, 3.05) is 16.8 Å². The van der Waals surface area contributed by atoms with Crippen LogP contribution in [0, 0.1) is 30.6 Å². The van der Waals surface area contributed by atoms with Gasteiger partial charge in [-0.1, -0.05) is 35.4 Å². The van der Waals surface area contributed by atoms with Crippen molar-refractivity contribution in [2.24, 2.45) is 23.7 Å². The molecule has 2 aromatic carbocycles. The number of nitrogens with one attached hydrogen (secondary N) is 1. The van der Waals surface area contributed by atoms with Gasteiger partial charge in [-0.05, 0) is 68.0 Å². The summed E-state index contributed by atoms with van der Waals surface area (Å²) >= 11 is 6.06. The number of nitrogens with zero attached hydrogens (tertiary/aromatic N) is 1. The van der Waals surface area contributed by atoms with Gasteiger partial charge < -0.3 is 10.1 Å². The van der Waals surface area contributed by atoms with Gasteiger partial charge in [0.25, 0.3) is 5.91 Å². The third-order valence-corrected chi connectivity index (χ3v) is 7.42. The second kappa shape index (κ2) is 8.40. The van der Waals surface area contributed by atoms with Gasteiger partial charge in [0.2, 0.25) is 11.8 Å². The van der Waals surface area contributed by atoms with E-state index >= 15 is 0 Å². The molecule has 1 N–H and O–H groups in total. The Labute approximate surface area is 201 Å². The van der Waals surface area contributed by atoms with Gasteiger partial charge >= 0.3 is 5.97 Å². The van der Waals surface area contributed by atoms with Gasteiger partial charge in [0.1, 0.15) is 0 Å². The number of allylic oxidation sites excluding steroid dienone is 2. The van der Waals surface area contributed by atoms with Crippen LogP contribution in [0.4, 0.5) is 11.4 Å². The summed E-state index contributed by atoms with van der Waals surface area (Å²) in [7, 11) is 0. The molecule has 0 unspecified atom stereocenters. The molecule has 2 fully saturated rings. The van der Waals surface area contributed by atoms with Crippen molar-refractivity contribution in [2.45, 2.75) is 20.3 Å². The molecule has 2 aromatic rings. The van der Waals surface area contributed by atoms with E-state index < -0.39 is 18.5 Å². The van der Waals surface area contributed by atoms with E-state index in [2.05, 4.69) is 11.4 Å². The van der Waals surface area contributed by atoms with Gasteiger partial charge in [0, 0.05) is 10.7 Å². The van der Waals surface area contributed by atoms with Crippen molar-refractivity contribution in [3.05, 3.63) is 70.3 Å². The molecule has 1 heterocycles. The molecule has 0 radical (unpaired) electrons. The summed E-state index contributed by atoms with van der Waals surface area (Å²) in [5.74, 6) is -2.09. The summed E-state index contributed by atoms with van der Waals surface area (Å²) < 4.78 is 5.14. The number of hydrogen-bond donors (Lipinski definition) is 1. The lowest BCUT2D eigenvalue weighted by atomic mass is 9.82. The Morgan fingerprint density at radius 2 is 1.85 bits per heavy atom. The molecule has 8 heteroatoms. The maximum Gasteiger partial charge on any atom is 0.338 e. The molecule has 2 aliphatic carbocycles. The molecule has 1 saturated heterocycles. The highest BCUT2D eigenvalue weighted by atomic mass is 35.5. The van der Waals surface area contributed by atoms with Gasteiger partial charge in [0.05, 0.1) is 23.1 Å². The highest BCUT2D eigenvalue weighted by Gasteiger charge is 2.60. The van der Waals surface area contributed by atoms with E-state index in [4.69, 9.17) is 16.3 Å². The number of imide groups is 1. The van der Waals surface area contributed by atoms with Crippen LogP contribution in [0.2, 0.25) is 5.02 Å². The Morgan fingerprint density at radius 3 is 2.62 bits per heavy atom. The van der Waals surface area contributed by atoms with E-state index in [1.54, 1.807) is 30.3 Å². The van der Waals surface area contributed by atoms with E-state index in [1.807, 2.05) is 13.8 Å². The summed E-state index contributed by atoms with van der Waals surface area (Å²) in [6, 6.07) is 11.3. The first kappa shape index (κ1) is 22.3. The highest BCUT2D eigenvalue weighted by molar-refractivity contribution is 6.31. The molecule has 3 amide bonds. The molecule has 1 aliphatic heterocycles. The largest absolute Gasteiger partial charge is 0.452 e. The van der Waals surface area contributed by atoms with E-state index in [0.29, 0.717) is 16.4 Å². The quantitative estimate of drug-likeness (QED) is 0.396. The SMILES string of the molecule is CC1=C[C@H]2C[C@H]1[C@H]1C(=O)N(c3cccc(C(=O)OCC(=O)Nc4ccc(C)c(Cl)c4)c3)C(=O)[C@@H]12. The number of amides is 3. The molecule has 0 aromatic heterocycles. The second-order valence-electron chi connectivity index (χ2n) is 9.12. The van der Waals surface area contributed by atoms with Gasteiger partial charge in [-0.2, -0.15) is 0 Å². The van der Waals surface area contributed by atoms with E-state index in [9.17, 15) is 19.2 Å². The van der Waals surface area contributed by atoms with Crippen LogP contribution in [0.5, 0.6) is 0 Å². The van der Waals surface area contributed by atoms with Gasteiger partial charge in [-0.25, -0.2) is 9.69 Å². The van der Waals surface area contributed by atoms with Crippen LogP contribution in [0.25, 0.3) is 0 Å². The molecule has 0 spiro atoms. The Bertz CT molecular complexity index is 1270. The lowest BCUT2D eigenvalue weighted by Crippen LogP contribution is -2.33. The Hall–Kier alpha value is -3.45. The number of anilines is 2. The molecule has 5 rings (SSSR count). The average molecular weight is 479 g/mol. The average Bonchev–Trinajstić information content (AvgIpc) is 3.45. The van der Waals surface area contributed by atoms with Crippen LogP contribution in [0.15, 0.2) is 54.1 Å². The van der Waals surface area contributed by atoms with Crippen LogP contribution >= 0.6 is 11.6 Å². The normalized spacial score (nSPS) is 24.8. The van der Waals surface area contributed by atoms with Crippen LogP contribution in [-0.4, -0.2) is 30.3 Å². The molecule has 174 valence electrons. The third-order valence-electron chi connectivity index (χ3n) is 7.01. The monoisotopic (exact) mass is 478 g/mol. The van der Waals surface area contributed by atoms with E-state index in [1.165, 1.54) is 22.6 Å². The number of rotatable bonds is 5. The summed E-state index contributed by atoms with van der Waals surface area (Å²) in [6.07, 6.45) is 2.97. The fourth-order valence-corrected chi connectivity index (χ4v) is 5.56. The fourth-order valence-electron chi connectivity index (χ4n) is 5.38. The van der Waals surface area contributed by atoms with Crippen molar-refractivity contribution in [3.63, 3.8) is 0 Å². The number of fused-ring (bicyclic) bond motifs is 5. The van der Waals surface area contributed by atoms with Gasteiger partial charge in [-0.3, -0.25) is 14.4 Å². The summed E-state index contributed by atoms with van der Waals surface area (Å²) in [5, 5.41) is 3.14. The Kier molecular flexibility index (Phi) is 5.52. The minimum Gasteiger partial charge on any atom is -0.452 e. The lowest BCUT2D eigenvalue weighted by molar-refractivity contribution is -0.123. The topological polar surface area (TPSA) is 92.8 Å². The van der Waals surface area contributed by atoms with Gasteiger partial charge in [0.15, 0.2) is 6.61 Å². The van der Waals surface area contributed by atoms with Crippen molar-refractivity contribution in [1.29, 1.82) is 0 Å². The Balaban J connectivity index is 1.25. The van der Waals surface area contributed by atoms with Crippen molar-refractivity contribution in [3.8, 4) is 0 Å². The maximum absolute atomic E-state index is 13.1. The maximum atomic E-state index is 13.1. The van der Waals surface area contributed by atoms with Crippen LogP contribution < -0.4 is 10.2 Å². The number of esters is 1. The number of aryl methyl sites for hydroxylation is 1. The summed E-state index contributed by atoms with van der Waals surface area (Å²) in [6.45, 7) is 3.37. The smallest absolute Gasteiger partial charge is 0.338 e. The first-order valence-electron chi connectivity index (χ1n) is 11.1. The van der Waals surface area contributed by atoms with Crippen molar-refractivity contribution >= 4 is 46.7 Å². The van der Waals surface area contributed by atoms with Crippen molar-refractivity contribution < 1.29 is 23.9 Å². The van der Waals surface area contributed by atoms with Gasteiger partial charge in [-0.15, -0.1) is 0 Å². The minimum atomic E-state index is -0.726. The predicted molar refractivity (Wildman–Crippen MR) is 126 cm³/mol. The number of benzene rings is 2. The number of hydrogen-bond acceptors (Lipinski definition) is 5. The van der Waals surface area contributed by atoms with Crippen LogP contribution in [0.1, 0.15) is 29.3 Å². The molecule has 3 aliphatic rings. The molecule has 4 atom stereocenters. The third kappa shape index (κ3) is 3.70. The van der Waals surface area contributed by atoms with Crippen LogP contribution in [-0.2, 0) is 19.1 Å². The lowest BCUT2D eigenvalue weighted by Gasteiger charge is -2.19. The van der Waals surface area contributed by atoms with E-state index in [0.717, 1.165) is 12.0 Å². The standard InChI is InChI=1S/C26H23ClN2O5/c1-13-6-7-17(11-20(13)27)28-21(30)12-34-26(33)15-4-3-5-18(9-15)29-24(31)22-16-8-14(2)19(10-16)23(22)25(29)32/h3-9,11,16,19,22-23H,10,12H2,1-2H3,(H,28,30)/t16-,19+,22+,23+/m0/s1. The molecule has 1 saturated carbocycles. The van der Waals surface area contributed by atoms with Crippen molar-refractivity contribution in [1.82, 2.24) is 0 Å².